The number of carbonyl (C=O) groups excluding carboxylic acids is 1. The predicted molar refractivity (Wildman–Crippen MR) is 83.9 cm³/mol. The zero-order valence-electron chi connectivity index (χ0n) is 11.0. The largest absolute Gasteiger partial charge is 0.294 e. The van der Waals surface area contributed by atoms with Gasteiger partial charge in [-0.3, -0.25) is 9.78 Å². The topological polar surface area (TPSA) is 30.0 Å². The number of rotatable bonds is 3. The van der Waals surface area contributed by atoms with Gasteiger partial charge >= 0.3 is 0 Å². The predicted octanol–water partition coefficient (Wildman–Crippen LogP) is 4.56. The van der Waals surface area contributed by atoms with Crippen molar-refractivity contribution in [3.05, 3.63) is 76.1 Å². The number of carbonyl (C=O) groups is 1. The number of nitrogens with zero attached hydrogens (tertiary/aromatic N) is 1. The molecule has 4 heteroatoms. The SMILES string of the molecule is O=C(Cc1ccnc2ccccc12)c1ccc(Br)cc1F. The molecule has 0 saturated heterocycles. The molecular formula is C17H11BrFNO. The maximum absolute atomic E-state index is 13.9. The van der Waals surface area contributed by atoms with Gasteiger partial charge < -0.3 is 0 Å². The van der Waals surface area contributed by atoms with E-state index in [0.29, 0.717) is 4.47 Å². The molecule has 0 fully saturated rings. The van der Waals surface area contributed by atoms with Crippen molar-refractivity contribution in [2.75, 3.05) is 0 Å². The monoisotopic (exact) mass is 343 g/mol. The Balaban J connectivity index is 1.97. The molecular weight excluding hydrogens is 333 g/mol. The van der Waals surface area contributed by atoms with E-state index in [1.165, 1.54) is 12.1 Å². The van der Waals surface area contributed by atoms with Gasteiger partial charge in [0.1, 0.15) is 5.82 Å². The van der Waals surface area contributed by atoms with Gasteiger partial charge in [0.2, 0.25) is 0 Å². The second-order valence-corrected chi connectivity index (χ2v) is 5.63. The van der Waals surface area contributed by atoms with E-state index in [-0.39, 0.29) is 17.8 Å². The Bertz CT molecular complexity index is 827. The van der Waals surface area contributed by atoms with Crippen LogP contribution in [0.5, 0.6) is 0 Å². The molecule has 21 heavy (non-hydrogen) atoms. The second-order valence-electron chi connectivity index (χ2n) is 4.71. The van der Waals surface area contributed by atoms with E-state index in [2.05, 4.69) is 20.9 Å². The fourth-order valence-corrected chi connectivity index (χ4v) is 2.63. The molecule has 0 spiro atoms. The maximum Gasteiger partial charge on any atom is 0.170 e. The van der Waals surface area contributed by atoms with Gasteiger partial charge in [-0.05, 0) is 35.9 Å². The maximum atomic E-state index is 13.9. The van der Waals surface area contributed by atoms with Crippen LogP contribution in [0.3, 0.4) is 0 Å². The van der Waals surface area contributed by atoms with Crippen LogP contribution in [0.1, 0.15) is 15.9 Å². The molecule has 0 amide bonds. The first-order valence-corrected chi connectivity index (χ1v) is 7.25. The van der Waals surface area contributed by atoms with E-state index in [1.54, 1.807) is 18.3 Å². The third-order valence-electron chi connectivity index (χ3n) is 3.32. The number of hydrogen-bond donors (Lipinski definition) is 0. The lowest BCUT2D eigenvalue weighted by Crippen LogP contribution is -2.06. The third-order valence-corrected chi connectivity index (χ3v) is 3.82. The number of hydrogen-bond acceptors (Lipinski definition) is 2. The molecule has 2 nitrogen and oxygen atoms in total. The first kappa shape index (κ1) is 13.9. The summed E-state index contributed by atoms with van der Waals surface area (Å²) in [6, 6.07) is 13.9. The normalized spacial score (nSPS) is 10.8. The molecule has 2 aromatic carbocycles. The Kier molecular flexibility index (Phi) is 3.80. The standard InChI is InChI=1S/C17H11BrFNO/c18-12-5-6-14(15(19)10-12)17(21)9-11-7-8-20-16-4-2-1-3-13(11)16/h1-8,10H,9H2. The summed E-state index contributed by atoms with van der Waals surface area (Å²) in [4.78, 5) is 16.6. The van der Waals surface area contributed by atoms with Crippen LogP contribution >= 0.6 is 15.9 Å². The molecule has 104 valence electrons. The number of pyridine rings is 1. The lowest BCUT2D eigenvalue weighted by molar-refractivity contribution is 0.0989. The Morgan fingerprint density at radius 3 is 2.76 bits per heavy atom. The van der Waals surface area contributed by atoms with E-state index >= 15 is 0 Å². The first-order valence-electron chi connectivity index (χ1n) is 6.46. The number of ketones is 1. The van der Waals surface area contributed by atoms with E-state index in [4.69, 9.17) is 0 Å². The van der Waals surface area contributed by atoms with Crippen LogP contribution in [0.2, 0.25) is 0 Å². The second kappa shape index (κ2) is 5.74. The number of fused-ring (bicyclic) bond motifs is 1. The zero-order chi connectivity index (χ0) is 14.8. The van der Waals surface area contributed by atoms with Crippen molar-refractivity contribution >= 4 is 32.6 Å². The third kappa shape index (κ3) is 2.85. The van der Waals surface area contributed by atoms with Crippen LogP contribution in [0.15, 0.2) is 59.2 Å². The van der Waals surface area contributed by atoms with Gasteiger partial charge in [0.05, 0.1) is 11.1 Å². The van der Waals surface area contributed by atoms with Crippen LogP contribution in [0.4, 0.5) is 4.39 Å². The van der Waals surface area contributed by atoms with Crippen molar-refractivity contribution in [2.45, 2.75) is 6.42 Å². The smallest absolute Gasteiger partial charge is 0.170 e. The van der Waals surface area contributed by atoms with E-state index in [9.17, 15) is 9.18 Å². The Morgan fingerprint density at radius 1 is 1.14 bits per heavy atom. The lowest BCUT2D eigenvalue weighted by Gasteiger charge is -2.06. The molecule has 1 aromatic heterocycles. The summed E-state index contributed by atoms with van der Waals surface area (Å²) in [6.45, 7) is 0. The van der Waals surface area contributed by atoms with Gasteiger partial charge in [-0.1, -0.05) is 34.1 Å². The minimum absolute atomic E-state index is 0.110. The number of para-hydroxylation sites is 1. The Hall–Kier alpha value is -2.07. The van der Waals surface area contributed by atoms with Crippen LogP contribution in [0, 0.1) is 5.82 Å². The number of aromatic nitrogens is 1. The van der Waals surface area contributed by atoms with Gasteiger partial charge in [0, 0.05) is 22.5 Å². The van der Waals surface area contributed by atoms with Gasteiger partial charge in [0.15, 0.2) is 5.78 Å². The average molecular weight is 344 g/mol. The number of Topliss-reactive ketones (excluding diaryl/α,β-unsaturated/α-hetero) is 1. The summed E-state index contributed by atoms with van der Waals surface area (Å²) >= 11 is 3.19. The zero-order valence-corrected chi connectivity index (χ0v) is 12.6. The van der Waals surface area contributed by atoms with E-state index < -0.39 is 5.82 Å². The van der Waals surface area contributed by atoms with E-state index in [1.807, 2.05) is 24.3 Å². The van der Waals surface area contributed by atoms with E-state index in [0.717, 1.165) is 16.5 Å². The molecule has 0 radical (unpaired) electrons. The average Bonchev–Trinajstić information content (AvgIpc) is 2.47. The number of benzene rings is 2. The van der Waals surface area contributed by atoms with Crippen LogP contribution in [0.25, 0.3) is 10.9 Å². The van der Waals surface area contributed by atoms with Crippen molar-refractivity contribution in [3.63, 3.8) is 0 Å². The van der Waals surface area contributed by atoms with Crippen LogP contribution in [-0.4, -0.2) is 10.8 Å². The highest BCUT2D eigenvalue weighted by Crippen LogP contribution is 2.20. The van der Waals surface area contributed by atoms with Gasteiger partial charge in [0.25, 0.3) is 0 Å². The molecule has 0 unspecified atom stereocenters. The highest BCUT2D eigenvalue weighted by Gasteiger charge is 2.14. The van der Waals surface area contributed by atoms with Crippen LogP contribution in [-0.2, 0) is 6.42 Å². The van der Waals surface area contributed by atoms with Gasteiger partial charge in [-0.25, -0.2) is 4.39 Å². The van der Waals surface area contributed by atoms with Crippen molar-refractivity contribution < 1.29 is 9.18 Å². The fraction of sp³-hybridized carbons (Fsp3) is 0.0588. The highest BCUT2D eigenvalue weighted by molar-refractivity contribution is 9.10. The van der Waals surface area contributed by atoms with Gasteiger partial charge in [-0.2, -0.15) is 0 Å². The summed E-state index contributed by atoms with van der Waals surface area (Å²) in [5.74, 6) is -0.746. The molecule has 0 aliphatic carbocycles. The Morgan fingerprint density at radius 2 is 1.95 bits per heavy atom. The molecule has 3 aromatic rings. The van der Waals surface area contributed by atoms with Crippen molar-refractivity contribution in [2.24, 2.45) is 0 Å². The molecule has 0 atom stereocenters. The van der Waals surface area contributed by atoms with Crippen LogP contribution < -0.4 is 0 Å². The van der Waals surface area contributed by atoms with Crippen molar-refractivity contribution in [1.29, 1.82) is 0 Å². The molecule has 0 bridgehead atoms. The molecule has 0 N–H and O–H groups in total. The molecule has 0 aliphatic rings. The lowest BCUT2D eigenvalue weighted by atomic mass is 10.00. The first-order chi connectivity index (χ1) is 10.1. The molecule has 0 saturated carbocycles. The molecule has 1 heterocycles. The summed E-state index contributed by atoms with van der Waals surface area (Å²) in [5, 5.41) is 0.922. The fourth-order valence-electron chi connectivity index (χ4n) is 2.29. The minimum Gasteiger partial charge on any atom is -0.294 e. The minimum atomic E-state index is -0.507. The molecule has 0 aliphatic heterocycles. The summed E-state index contributed by atoms with van der Waals surface area (Å²) < 4.78 is 14.5. The summed E-state index contributed by atoms with van der Waals surface area (Å²) in [7, 11) is 0. The summed E-state index contributed by atoms with van der Waals surface area (Å²) in [6.07, 6.45) is 1.82. The quantitative estimate of drug-likeness (QED) is 0.652. The Labute approximate surface area is 129 Å². The van der Waals surface area contributed by atoms with Gasteiger partial charge in [-0.15, -0.1) is 0 Å². The number of halogens is 2. The molecule has 3 rings (SSSR count). The summed E-state index contributed by atoms with van der Waals surface area (Å²) in [5.41, 5.74) is 1.80. The highest BCUT2D eigenvalue weighted by atomic mass is 79.9. The van der Waals surface area contributed by atoms with Crippen molar-refractivity contribution in [3.8, 4) is 0 Å². The van der Waals surface area contributed by atoms with Crippen molar-refractivity contribution in [1.82, 2.24) is 4.98 Å².